The molecule has 1 amide bonds. The molecule has 1 heterocycles. The topological polar surface area (TPSA) is 88.2 Å². The number of ether oxygens (including phenoxy) is 2. The highest BCUT2D eigenvalue weighted by molar-refractivity contribution is 7.89. The molecule has 3 aromatic rings. The predicted octanol–water partition coefficient (Wildman–Crippen LogP) is 3.20. The molecule has 1 N–H and O–H groups in total. The highest BCUT2D eigenvalue weighted by atomic mass is 32.2. The molecule has 0 aliphatic carbocycles. The summed E-state index contributed by atoms with van der Waals surface area (Å²) < 4.78 is 39.7. The molecular weight excluding hydrogens is 466 g/mol. The van der Waals surface area contributed by atoms with Crippen molar-refractivity contribution in [3.8, 4) is 5.75 Å². The minimum absolute atomic E-state index is 0.197. The summed E-state index contributed by atoms with van der Waals surface area (Å²) in [4.78, 5) is 15.3. The fourth-order valence-electron chi connectivity index (χ4n) is 4.08. The number of anilines is 1. The maximum atomic E-state index is 13.8. The molecule has 0 unspecified atom stereocenters. The third-order valence-electron chi connectivity index (χ3n) is 5.91. The summed E-state index contributed by atoms with van der Waals surface area (Å²) in [6.45, 7) is 5.59. The van der Waals surface area contributed by atoms with Gasteiger partial charge in [0.05, 0.1) is 31.3 Å². The molecule has 9 heteroatoms. The van der Waals surface area contributed by atoms with Crippen molar-refractivity contribution in [2.24, 2.45) is 0 Å². The van der Waals surface area contributed by atoms with Gasteiger partial charge in [-0.1, -0.05) is 36.4 Å². The van der Waals surface area contributed by atoms with Crippen LogP contribution in [0.2, 0.25) is 0 Å². The maximum absolute atomic E-state index is 13.8. The van der Waals surface area contributed by atoms with Crippen molar-refractivity contribution in [1.82, 2.24) is 9.21 Å². The SMILES string of the molecule is CCOc1ccc(NC(=O)CN(CCN2CCOCC2)S(=O)(=O)c2cccc3ccccc23)cc1. The quantitative estimate of drug-likeness (QED) is 0.463. The van der Waals surface area contributed by atoms with Crippen molar-refractivity contribution < 1.29 is 22.7 Å². The summed E-state index contributed by atoms with van der Waals surface area (Å²) in [5, 5.41) is 4.28. The van der Waals surface area contributed by atoms with Gasteiger partial charge in [0.1, 0.15) is 5.75 Å². The lowest BCUT2D eigenvalue weighted by atomic mass is 10.1. The summed E-state index contributed by atoms with van der Waals surface area (Å²) in [6.07, 6.45) is 0. The van der Waals surface area contributed by atoms with Crippen molar-refractivity contribution in [1.29, 1.82) is 0 Å². The number of nitrogens with zero attached hydrogens (tertiary/aromatic N) is 2. The Morgan fingerprint density at radius 2 is 1.74 bits per heavy atom. The number of rotatable bonds is 10. The first kappa shape index (κ1) is 25.1. The smallest absolute Gasteiger partial charge is 0.244 e. The number of sulfonamides is 1. The highest BCUT2D eigenvalue weighted by Crippen LogP contribution is 2.26. The lowest BCUT2D eigenvalue weighted by molar-refractivity contribution is -0.116. The second kappa shape index (κ2) is 11.6. The molecule has 3 aromatic carbocycles. The first-order chi connectivity index (χ1) is 17.0. The van der Waals surface area contributed by atoms with E-state index in [9.17, 15) is 13.2 Å². The first-order valence-corrected chi connectivity index (χ1v) is 13.2. The van der Waals surface area contributed by atoms with Gasteiger partial charge in [0.25, 0.3) is 0 Å². The van der Waals surface area contributed by atoms with E-state index in [1.165, 1.54) is 4.31 Å². The summed E-state index contributed by atoms with van der Waals surface area (Å²) in [5.74, 6) is 0.302. The summed E-state index contributed by atoms with van der Waals surface area (Å²) >= 11 is 0. The van der Waals surface area contributed by atoms with E-state index in [0.29, 0.717) is 43.2 Å². The van der Waals surface area contributed by atoms with Gasteiger partial charge in [-0.2, -0.15) is 4.31 Å². The summed E-state index contributed by atoms with van der Waals surface area (Å²) in [6, 6.07) is 19.6. The Hall–Kier alpha value is -2.98. The van der Waals surface area contributed by atoms with Crippen LogP contribution in [0.15, 0.2) is 71.6 Å². The molecule has 0 saturated carbocycles. The predicted molar refractivity (Wildman–Crippen MR) is 136 cm³/mol. The number of hydrogen-bond acceptors (Lipinski definition) is 6. The van der Waals surface area contributed by atoms with E-state index in [1.807, 2.05) is 31.2 Å². The minimum Gasteiger partial charge on any atom is -0.494 e. The van der Waals surface area contributed by atoms with Crippen LogP contribution in [0, 0.1) is 0 Å². The molecule has 1 fully saturated rings. The molecular formula is C26H31N3O5S. The second-order valence-corrected chi connectivity index (χ2v) is 10.2. The minimum atomic E-state index is -3.94. The van der Waals surface area contributed by atoms with Crippen LogP contribution in [0.25, 0.3) is 10.8 Å². The highest BCUT2D eigenvalue weighted by Gasteiger charge is 2.29. The lowest BCUT2D eigenvalue weighted by Crippen LogP contribution is -2.45. The molecule has 186 valence electrons. The molecule has 4 rings (SSSR count). The third-order valence-corrected chi connectivity index (χ3v) is 7.81. The fourth-order valence-corrected chi connectivity index (χ4v) is 5.69. The Bertz CT molecular complexity index is 1240. The van der Waals surface area contributed by atoms with Gasteiger partial charge in [0.15, 0.2) is 0 Å². The van der Waals surface area contributed by atoms with Gasteiger partial charge in [-0.3, -0.25) is 9.69 Å². The Labute approximate surface area is 206 Å². The van der Waals surface area contributed by atoms with Gasteiger partial charge < -0.3 is 14.8 Å². The van der Waals surface area contributed by atoms with Gasteiger partial charge in [0.2, 0.25) is 15.9 Å². The third kappa shape index (κ3) is 6.37. The van der Waals surface area contributed by atoms with E-state index in [2.05, 4.69) is 10.2 Å². The number of carbonyl (C=O) groups excluding carboxylic acids is 1. The van der Waals surface area contributed by atoms with Crippen molar-refractivity contribution in [3.63, 3.8) is 0 Å². The Morgan fingerprint density at radius 3 is 2.49 bits per heavy atom. The van der Waals surface area contributed by atoms with Gasteiger partial charge in [0, 0.05) is 37.3 Å². The standard InChI is InChI=1S/C26H31N3O5S/c1-2-34-23-12-10-22(11-13-23)27-26(30)20-29(15-14-28-16-18-33-19-17-28)35(31,32)25-9-5-7-21-6-3-4-8-24(21)25/h3-13H,2,14-20H2,1H3,(H,27,30). The molecule has 35 heavy (non-hydrogen) atoms. The molecule has 0 spiro atoms. The van der Waals surface area contributed by atoms with Gasteiger partial charge in [-0.15, -0.1) is 0 Å². The average Bonchev–Trinajstić information content (AvgIpc) is 2.88. The normalized spacial score (nSPS) is 14.8. The summed E-state index contributed by atoms with van der Waals surface area (Å²) in [7, 11) is -3.94. The van der Waals surface area contributed by atoms with E-state index >= 15 is 0 Å². The van der Waals surface area contributed by atoms with Gasteiger partial charge in [-0.25, -0.2) is 8.42 Å². The van der Waals surface area contributed by atoms with E-state index in [1.54, 1.807) is 42.5 Å². The van der Waals surface area contributed by atoms with Crippen LogP contribution >= 0.6 is 0 Å². The van der Waals surface area contributed by atoms with Crippen LogP contribution in [-0.2, 0) is 19.6 Å². The van der Waals surface area contributed by atoms with Gasteiger partial charge >= 0.3 is 0 Å². The molecule has 0 radical (unpaired) electrons. The van der Waals surface area contributed by atoms with Crippen molar-refractivity contribution in [3.05, 3.63) is 66.7 Å². The van der Waals surface area contributed by atoms with E-state index < -0.39 is 15.9 Å². The number of benzene rings is 3. The maximum Gasteiger partial charge on any atom is 0.244 e. The molecule has 0 atom stereocenters. The molecule has 8 nitrogen and oxygen atoms in total. The molecule has 1 aliphatic heterocycles. The molecule has 0 bridgehead atoms. The summed E-state index contributed by atoms with van der Waals surface area (Å²) in [5.41, 5.74) is 0.578. The fraction of sp³-hybridized carbons (Fsp3) is 0.346. The number of fused-ring (bicyclic) bond motifs is 1. The number of amides is 1. The molecule has 1 saturated heterocycles. The zero-order chi connectivity index (χ0) is 24.7. The van der Waals surface area contributed by atoms with Crippen LogP contribution in [0.4, 0.5) is 5.69 Å². The average molecular weight is 498 g/mol. The Kier molecular flexibility index (Phi) is 8.35. The van der Waals surface area contributed by atoms with Gasteiger partial charge in [-0.05, 0) is 42.6 Å². The lowest BCUT2D eigenvalue weighted by Gasteiger charge is -2.29. The largest absolute Gasteiger partial charge is 0.494 e. The first-order valence-electron chi connectivity index (χ1n) is 11.8. The van der Waals surface area contributed by atoms with E-state index in [-0.39, 0.29) is 18.0 Å². The zero-order valence-corrected chi connectivity index (χ0v) is 20.7. The van der Waals surface area contributed by atoms with Crippen molar-refractivity contribution in [2.45, 2.75) is 11.8 Å². The van der Waals surface area contributed by atoms with Crippen LogP contribution in [0.1, 0.15) is 6.92 Å². The van der Waals surface area contributed by atoms with E-state index in [4.69, 9.17) is 9.47 Å². The zero-order valence-electron chi connectivity index (χ0n) is 19.9. The van der Waals surface area contributed by atoms with Crippen LogP contribution in [0.5, 0.6) is 5.75 Å². The van der Waals surface area contributed by atoms with Crippen molar-refractivity contribution >= 4 is 32.4 Å². The monoisotopic (exact) mass is 497 g/mol. The number of carbonyl (C=O) groups is 1. The Balaban J connectivity index is 1.55. The number of hydrogen-bond donors (Lipinski definition) is 1. The van der Waals surface area contributed by atoms with Crippen LogP contribution in [0.3, 0.4) is 0 Å². The Morgan fingerprint density at radius 1 is 1.03 bits per heavy atom. The molecule has 1 aliphatic rings. The molecule has 0 aromatic heterocycles. The van der Waals surface area contributed by atoms with Crippen LogP contribution in [-0.4, -0.2) is 76.1 Å². The second-order valence-electron chi connectivity index (χ2n) is 8.28. The van der Waals surface area contributed by atoms with E-state index in [0.717, 1.165) is 18.5 Å². The van der Waals surface area contributed by atoms with Crippen LogP contribution < -0.4 is 10.1 Å². The number of nitrogens with one attached hydrogen (secondary N) is 1. The van der Waals surface area contributed by atoms with Crippen molar-refractivity contribution in [2.75, 3.05) is 57.9 Å². The number of morpholine rings is 1.